The van der Waals surface area contributed by atoms with Gasteiger partial charge < -0.3 is 0 Å². The van der Waals surface area contributed by atoms with E-state index >= 15 is 0 Å². The van der Waals surface area contributed by atoms with Crippen LogP contribution >= 0.6 is 58.0 Å². The number of hydrogen-bond donors (Lipinski definition) is 0. The zero-order valence-electron chi connectivity index (χ0n) is 3.67. The second kappa shape index (κ2) is 3.58. The topological polar surface area (TPSA) is 0 Å². The van der Waals surface area contributed by atoms with Crippen molar-refractivity contribution in [3.63, 3.8) is 0 Å². The van der Waals surface area contributed by atoms with Gasteiger partial charge in [-0.25, -0.2) is 0 Å². The third kappa shape index (κ3) is 7.45. The molecule has 0 radical (unpaired) electrons. The Balaban J connectivity index is 3.39. The molecule has 0 aromatic heterocycles. The summed E-state index contributed by atoms with van der Waals surface area (Å²) in [5.74, 6) is 0. The van der Waals surface area contributed by atoms with Crippen molar-refractivity contribution in [1.29, 1.82) is 0 Å². The number of halogens is 5. The van der Waals surface area contributed by atoms with Gasteiger partial charge in [0.2, 0.25) is 0 Å². The molecule has 0 heterocycles. The Morgan fingerprint density at radius 3 is 1.50 bits per heavy atom. The highest BCUT2D eigenvalue weighted by atomic mass is 35.6. The zero-order valence-corrected chi connectivity index (χ0v) is 7.45. The van der Waals surface area contributed by atoms with Gasteiger partial charge in [-0.05, 0) is 0 Å². The molecule has 0 saturated heterocycles. The van der Waals surface area contributed by atoms with Gasteiger partial charge in [0.25, 0.3) is 0 Å². The summed E-state index contributed by atoms with van der Waals surface area (Å²) in [5.41, 5.74) is 0. The van der Waals surface area contributed by atoms with Gasteiger partial charge in [0.15, 0.2) is 3.79 Å². The zero-order chi connectivity index (χ0) is 6.78. The van der Waals surface area contributed by atoms with Crippen LogP contribution in [0.4, 0.5) is 0 Å². The first-order chi connectivity index (χ1) is 3.42. The van der Waals surface area contributed by atoms with E-state index in [1.165, 1.54) is 0 Å². The molecule has 0 N–H and O–H groups in total. The molecule has 0 aliphatic rings. The van der Waals surface area contributed by atoms with Crippen LogP contribution in [0.2, 0.25) is 0 Å². The lowest BCUT2D eigenvalue weighted by atomic mass is 10.5. The van der Waals surface area contributed by atoms with E-state index in [-0.39, 0.29) is 6.42 Å². The van der Waals surface area contributed by atoms with Gasteiger partial charge >= 0.3 is 0 Å². The highest BCUT2D eigenvalue weighted by Gasteiger charge is 2.22. The van der Waals surface area contributed by atoms with Crippen LogP contribution in [-0.2, 0) is 0 Å². The van der Waals surface area contributed by atoms with E-state index in [0.29, 0.717) is 0 Å². The van der Waals surface area contributed by atoms with Gasteiger partial charge in [-0.2, -0.15) is 0 Å². The largest absolute Gasteiger partial charge is 0.193 e. The Bertz CT molecular complexity index is 62.6. The molecule has 0 rings (SSSR count). The van der Waals surface area contributed by atoms with Gasteiger partial charge in [-0.15, -0.1) is 23.2 Å². The minimum absolute atomic E-state index is 0.154. The predicted molar refractivity (Wildman–Crippen MR) is 40.4 cm³/mol. The van der Waals surface area contributed by atoms with Crippen LogP contribution < -0.4 is 0 Å². The van der Waals surface area contributed by atoms with E-state index < -0.39 is 8.63 Å². The molecule has 0 spiro atoms. The van der Waals surface area contributed by atoms with E-state index in [1.54, 1.807) is 0 Å². The van der Waals surface area contributed by atoms with E-state index in [9.17, 15) is 0 Å². The Morgan fingerprint density at radius 1 is 1.12 bits per heavy atom. The molecule has 0 bridgehead atoms. The predicted octanol–water partition coefficient (Wildman–Crippen LogP) is 3.55. The van der Waals surface area contributed by atoms with Crippen LogP contribution in [0.5, 0.6) is 0 Å². The van der Waals surface area contributed by atoms with Crippen LogP contribution in [0.15, 0.2) is 0 Å². The Kier molecular flexibility index (Phi) is 4.23. The molecule has 0 aliphatic carbocycles. The summed E-state index contributed by atoms with van der Waals surface area (Å²) in [4.78, 5) is -0.609. The van der Waals surface area contributed by atoms with E-state index in [2.05, 4.69) is 0 Å². The van der Waals surface area contributed by atoms with Crippen molar-refractivity contribution in [1.82, 2.24) is 0 Å². The Hall–Kier alpha value is 1.45. The van der Waals surface area contributed by atoms with Crippen LogP contribution in [0, 0.1) is 0 Å². The average Bonchev–Trinajstić information content (AvgIpc) is 1.21. The fourth-order valence-corrected chi connectivity index (χ4v) is 1.57. The summed E-state index contributed by atoms with van der Waals surface area (Å²) in [6.07, 6.45) is 0.154. The summed E-state index contributed by atoms with van der Waals surface area (Å²) < 4.78 is -1.33. The van der Waals surface area contributed by atoms with Gasteiger partial charge in [0.1, 0.15) is 4.84 Å². The molecule has 0 aromatic rings. The lowest BCUT2D eigenvalue weighted by Gasteiger charge is -2.09. The molecule has 0 fully saturated rings. The molecule has 0 saturated carbocycles. The van der Waals surface area contributed by atoms with Crippen molar-refractivity contribution < 1.29 is 0 Å². The van der Waals surface area contributed by atoms with Crippen LogP contribution in [0.25, 0.3) is 0 Å². The standard InChI is InChI=1S/C3H3Cl5/c4-2(5)1-3(6,7)8/h2H,1H2. The smallest absolute Gasteiger partial charge is 0.105 e. The van der Waals surface area contributed by atoms with Crippen LogP contribution in [0.1, 0.15) is 6.42 Å². The summed E-state index contributed by atoms with van der Waals surface area (Å²) in [6.45, 7) is 0. The highest BCUT2D eigenvalue weighted by molar-refractivity contribution is 6.68. The van der Waals surface area contributed by atoms with Crippen molar-refractivity contribution >= 4 is 58.0 Å². The van der Waals surface area contributed by atoms with E-state index in [1.807, 2.05) is 0 Å². The number of hydrogen-bond acceptors (Lipinski definition) is 0. The summed E-state index contributed by atoms with van der Waals surface area (Å²) in [5, 5.41) is 0. The maximum atomic E-state index is 5.29. The lowest BCUT2D eigenvalue weighted by molar-refractivity contribution is 0.938. The third-order valence-electron chi connectivity index (χ3n) is 0.386. The van der Waals surface area contributed by atoms with Crippen molar-refractivity contribution in [3.8, 4) is 0 Å². The lowest BCUT2D eigenvalue weighted by Crippen LogP contribution is -2.06. The number of alkyl halides is 5. The molecule has 0 amide bonds. The van der Waals surface area contributed by atoms with Crippen molar-refractivity contribution in [2.24, 2.45) is 0 Å². The molecule has 0 aliphatic heterocycles. The Labute approximate surface area is 73.0 Å². The highest BCUT2D eigenvalue weighted by Crippen LogP contribution is 2.33. The first-order valence-electron chi connectivity index (χ1n) is 1.77. The minimum atomic E-state index is -1.33. The Morgan fingerprint density at radius 2 is 1.50 bits per heavy atom. The van der Waals surface area contributed by atoms with Gasteiger partial charge in [0.05, 0.1) is 0 Å². The molecule has 0 aromatic carbocycles. The molecule has 50 valence electrons. The van der Waals surface area contributed by atoms with Gasteiger partial charge in [-0.1, -0.05) is 34.8 Å². The second-order valence-electron chi connectivity index (χ2n) is 1.21. The summed E-state index contributed by atoms with van der Waals surface area (Å²) in [7, 11) is 0. The maximum Gasteiger partial charge on any atom is 0.193 e. The van der Waals surface area contributed by atoms with E-state index in [4.69, 9.17) is 58.0 Å². The number of rotatable bonds is 1. The molecule has 0 nitrogen and oxygen atoms in total. The molecular formula is C3H3Cl5. The average molecular weight is 216 g/mol. The maximum absolute atomic E-state index is 5.29. The first-order valence-corrected chi connectivity index (χ1v) is 3.77. The molecule has 0 atom stereocenters. The SMILES string of the molecule is ClC(Cl)CC(Cl)(Cl)Cl. The van der Waals surface area contributed by atoms with Crippen molar-refractivity contribution in [2.45, 2.75) is 15.0 Å². The molecule has 8 heavy (non-hydrogen) atoms. The fraction of sp³-hybridized carbons (Fsp3) is 1.00. The van der Waals surface area contributed by atoms with Gasteiger partial charge in [0, 0.05) is 6.42 Å². The van der Waals surface area contributed by atoms with Crippen molar-refractivity contribution in [3.05, 3.63) is 0 Å². The molecular weight excluding hydrogens is 213 g/mol. The van der Waals surface area contributed by atoms with Gasteiger partial charge in [-0.3, -0.25) is 0 Å². The molecule has 5 heteroatoms. The molecule has 0 unspecified atom stereocenters. The van der Waals surface area contributed by atoms with Crippen molar-refractivity contribution in [2.75, 3.05) is 0 Å². The first kappa shape index (κ1) is 9.45. The quantitative estimate of drug-likeness (QED) is 0.588. The fourth-order valence-electron chi connectivity index (χ4n) is 0.175. The summed E-state index contributed by atoms with van der Waals surface area (Å²) in [6, 6.07) is 0. The monoisotopic (exact) mass is 214 g/mol. The van der Waals surface area contributed by atoms with Crippen LogP contribution in [-0.4, -0.2) is 8.63 Å². The summed E-state index contributed by atoms with van der Waals surface area (Å²) >= 11 is 26.4. The third-order valence-corrected chi connectivity index (χ3v) is 1.16. The van der Waals surface area contributed by atoms with Crippen LogP contribution in [0.3, 0.4) is 0 Å². The van der Waals surface area contributed by atoms with E-state index in [0.717, 1.165) is 0 Å². The normalized spacial score (nSPS) is 12.8. The minimum Gasteiger partial charge on any atom is -0.105 e. The second-order valence-corrected chi connectivity index (χ2v) is 5.00.